The Morgan fingerprint density at radius 3 is 2.94 bits per heavy atom. The lowest BCUT2D eigenvalue weighted by Gasteiger charge is -2.37. The summed E-state index contributed by atoms with van der Waals surface area (Å²) in [5.74, 6) is 0.487. The fourth-order valence-corrected chi connectivity index (χ4v) is 2.95. The van der Waals surface area contributed by atoms with E-state index in [9.17, 15) is 4.79 Å². The molecule has 0 aliphatic carbocycles. The fourth-order valence-electron chi connectivity index (χ4n) is 2.95. The van der Waals surface area contributed by atoms with Crippen LogP contribution in [0.3, 0.4) is 0 Å². The molecule has 2 saturated heterocycles. The zero-order valence-corrected chi connectivity index (χ0v) is 10.6. The van der Waals surface area contributed by atoms with E-state index in [0.29, 0.717) is 25.5 Å². The van der Waals surface area contributed by atoms with Gasteiger partial charge in [-0.15, -0.1) is 0 Å². The van der Waals surface area contributed by atoms with E-state index in [1.807, 2.05) is 6.92 Å². The quantitative estimate of drug-likeness (QED) is 0.801. The molecule has 0 saturated carbocycles. The molecule has 2 aliphatic rings. The lowest BCUT2D eigenvalue weighted by molar-refractivity contribution is -0.140. The van der Waals surface area contributed by atoms with E-state index >= 15 is 0 Å². The first-order chi connectivity index (χ1) is 8.21. The minimum Gasteiger partial charge on any atom is -0.378 e. The zero-order valence-electron chi connectivity index (χ0n) is 10.6. The standard InChI is InChI=1S/C13H23NO3/c1-2-10(8-14)12(15)11-3-5-17-13(7-11)4-6-16-9-13/h10-11H,2-9,14H2,1H3. The molecule has 0 bridgehead atoms. The molecular weight excluding hydrogens is 218 g/mol. The van der Waals surface area contributed by atoms with Crippen LogP contribution >= 0.6 is 0 Å². The number of ketones is 1. The maximum Gasteiger partial charge on any atom is 0.140 e. The predicted molar refractivity (Wildman–Crippen MR) is 64.7 cm³/mol. The minimum absolute atomic E-state index is 0.0254. The topological polar surface area (TPSA) is 61.6 Å². The molecule has 2 aliphatic heterocycles. The predicted octanol–water partition coefficient (Wildman–Crippen LogP) is 1.13. The van der Waals surface area contributed by atoms with Gasteiger partial charge in [0.1, 0.15) is 5.78 Å². The molecule has 1 spiro atoms. The molecule has 0 radical (unpaired) electrons. The Balaban J connectivity index is 1.99. The van der Waals surface area contributed by atoms with E-state index in [1.54, 1.807) is 0 Å². The number of hydrogen-bond acceptors (Lipinski definition) is 4. The Labute approximate surface area is 103 Å². The summed E-state index contributed by atoms with van der Waals surface area (Å²) in [6, 6.07) is 0. The van der Waals surface area contributed by atoms with Gasteiger partial charge in [-0.1, -0.05) is 6.92 Å². The van der Waals surface area contributed by atoms with Crippen LogP contribution in [0.5, 0.6) is 0 Å². The van der Waals surface area contributed by atoms with Gasteiger partial charge in [0.2, 0.25) is 0 Å². The normalized spacial score (nSPS) is 35.1. The maximum atomic E-state index is 12.3. The van der Waals surface area contributed by atoms with Crippen LogP contribution in [0.15, 0.2) is 0 Å². The summed E-state index contributed by atoms with van der Waals surface area (Å²) in [5, 5.41) is 0. The molecule has 2 heterocycles. The second-order valence-corrected chi connectivity index (χ2v) is 5.27. The first-order valence-electron chi connectivity index (χ1n) is 6.66. The largest absolute Gasteiger partial charge is 0.378 e. The van der Waals surface area contributed by atoms with Crippen molar-refractivity contribution in [2.24, 2.45) is 17.6 Å². The molecule has 0 aromatic heterocycles. The van der Waals surface area contributed by atoms with Crippen molar-refractivity contribution in [3.63, 3.8) is 0 Å². The van der Waals surface area contributed by atoms with E-state index in [-0.39, 0.29) is 17.4 Å². The highest BCUT2D eigenvalue weighted by Gasteiger charge is 2.43. The van der Waals surface area contributed by atoms with Crippen molar-refractivity contribution in [1.29, 1.82) is 0 Å². The Kier molecular flexibility index (Phi) is 4.17. The third-order valence-corrected chi connectivity index (χ3v) is 4.14. The SMILES string of the molecule is CCC(CN)C(=O)C1CCOC2(CCOC2)C1. The molecule has 4 heteroatoms. The summed E-state index contributed by atoms with van der Waals surface area (Å²) in [5.41, 5.74) is 5.48. The van der Waals surface area contributed by atoms with Crippen molar-refractivity contribution >= 4 is 5.78 Å². The molecule has 0 aromatic carbocycles. The van der Waals surface area contributed by atoms with E-state index in [2.05, 4.69) is 0 Å². The first-order valence-corrected chi connectivity index (χ1v) is 6.66. The zero-order chi connectivity index (χ0) is 12.3. The molecule has 2 N–H and O–H groups in total. The fraction of sp³-hybridized carbons (Fsp3) is 0.923. The highest BCUT2D eigenvalue weighted by atomic mass is 16.6. The van der Waals surface area contributed by atoms with Gasteiger partial charge in [-0.25, -0.2) is 0 Å². The van der Waals surface area contributed by atoms with Crippen LogP contribution in [0, 0.1) is 11.8 Å². The lowest BCUT2D eigenvalue weighted by atomic mass is 9.79. The molecule has 3 unspecified atom stereocenters. The minimum atomic E-state index is -0.175. The average Bonchev–Trinajstić information content (AvgIpc) is 2.78. The average molecular weight is 241 g/mol. The molecular formula is C13H23NO3. The smallest absolute Gasteiger partial charge is 0.140 e. The third kappa shape index (κ3) is 2.69. The van der Waals surface area contributed by atoms with Crippen molar-refractivity contribution in [3.8, 4) is 0 Å². The van der Waals surface area contributed by atoms with Crippen LogP contribution in [-0.2, 0) is 14.3 Å². The number of Topliss-reactive ketones (excluding diaryl/α,β-unsaturated/α-hetero) is 1. The monoisotopic (exact) mass is 241 g/mol. The van der Waals surface area contributed by atoms with Crippen molar-refractivity contribution in [3.05, 3.63) is 0 Å². The van der Waals surface area contributed by atoms with Gasteiger partial charge in [-0.3, -0.25) is 4.79 Å². The second-order valence-electron chi connectivity index (χ2n) is 5.27. The molecule has 17 heavy (non-hydrogen) atoms. The lowest BCUT2D eigenvalue weighted by Crippen LogP contribution is -2.44. The maximum absolute atomic E-state index is 12.3. The number of hydrogen-bond donors (Lipinski definition) is 1. The molecule has 0 amide bonds. The van der Waals surface area contributed by atoms with Gasteiger partial charge in [0.25, 0.3) is 0 Å². The van der Waals surface area contributed by atoms with Crippen LogP contribution in [-0.4, -0.2) is 37.7 Å². The highest BCUT2D eigenvalue weighted by molar-refractivity contribution is 5.83. The van der Waals surface area contributed by atoms with Crippen LogP contribution in [0.1, 0.15) is 32.6 Å². The Morgan fingerprint density at radius 2 is 2.35 bits per heavy atom. The number of carbonyl (C=O) groups excluding carboxylic acids is 1. The highest BCUT2D eigenvalue weighted by Crippen LogP contribution is 2.37. The Bertz CT molecular complexity index is 270. The number of carbonyl (C=O) groups is 1. The van der Waals surface area contributed by atoms with Gasteiger partial charge in [0.15, 0.2) is 0 Å². The summed E-state index contributed by atoms with van der Waals surface area (Å²) in [6.07, 6.45) is 3.44. The molecule has 4 nitrogen and oxygen atoms in total. The van der Waals surface area contributed by atoms with Crippen LogP contribution in [0.2, 0.25) is 0 Å². The van der Waals surface area contributed by atoms with E-state index < -0.39 is 0 Å². The van der Waals surface area contributed by atoms with Crippen molar-refractivity contribution in [2.45, 2.75) is 38.2 Å². The number of rotatable bonds is 4. The molecule has 3 atom stereocenters. The number of nitrogens with two attached hydrogens (primary N) is 1. The van der Waals surface area contributed by atoms with Crippen molar-refractivity contribution in [2.75, 3.05) is 26.4 Å². The molecule has 98 valence electrons. The summed E-state index contributed by atoms with van der Waals surface area (Å²) in [4.78, 5) is 12.3. The molecule has 2 rings (SSSR count). The summed E-state index contributed by atoms with van der Waals surface area (Å²) < 4.78 is 11.3. The summed E-state index contributed by atoms with van der Waals surface area (Å²) in [7, 11) is 0. The van der Waals surface area contributed by atoms with Gasteiger partial charge in [0.05, 0.1) is 12.2 Å². The second kappa shape index (κ2) is 5.46. The molecule has 0 aromatic rings. The Morgan fingerprint density at radius 1 is 1.53 bits per heavy atom. The van der Waals surface area contributed by atoms with Crippen LogP contribution < -0.4 is 5.73 Å². The van der Waals surface area contributed by atoms with E-state index in [1.165, 1.54) is 0 Å². The van der Waals surface area contributed by atoms with Gasteiger partial charge < -0.3 is 15.2 Å². The van der Waals surface area contributed by atoms with Crippen molar-refractivity contribution < 1.29 is 14.3 Å². The summed E-state index contributed by atoms with van der Waals surface area (Å²) in [6.45, 7) is 4.59. The Hall–Kier alpha value is -0.450. The van der Waals surface area contributed by atoms with Gasteiger partial charge in [-0.2, -0.15) is 0 Å². The van der Waals surface area contributed by atoms with Crippen LogP contribution in [0.25, 0.3) is 0 Å². The van der Waals surface area contributed by atoms with Gasteiger partial charge in [0, 0.05) is 38.0 Å². The van der Waals surface area contributed by atoms with Crippen LogP contribution in [0.4, 0.5) is 0 Å². The van der Waals surface area contributed by atoms with E-state index in [4.69, 9.17) is 15.2 Å². The van der Waals surface area contributed by atoms with Gasteiger partial charge in [-0.05, 0) is 19.3 Å². The summed E-state index contributed by atoms with van der Waals surface area (Å²) >= 11 is 0. The van der Waals surface area contributed by atoms with Gasteiger partial charge >= 0.3 is 0 Å². The third-order valence-electron chi connectivity index (χ3n) is 4.14. The van der Waals surface area contributed by atoms with Crippen molar-refractivity contribution in [1.82, 2.24) is 0 Å². The number of ether oxygens (including phenoxy) is 2. The molecule has 2 fully saturated rings. The first kappa shape index (κ1) is 13.0. The van der Waals surface area contributed by atoms with E-state index in [0.717, 1.165) is 32.3 Å².